The number of hydrogen-bond donors (Lipinski definition) is 1. The second kappa shape index (κ2) is 7.59. The van der Waals surface area contributed by atoms with Crippen molar-refractivity contribution in [2.24, 2.45) is 0 Å². The second-order valence-electron chi connectivity index (χ2n) is 5.11. The molecule has 0 aliphatic rings. The van der Waals surface area contributed by atoms with Crippen LogP contribution < -0.4 is 5.32 Å². The molecule has 1 amide bonds. The second-order valence-corrected chi connectivity index (χ2v) is 6.85. The van der Waals surface area contributed by atoms with Gasteiger partial charge in [-0.15, -0.1) is 23.1 Å². The van der Waals surface area contributed by atoms with Gasteiger partial charge in [-0.1, -0.05) is 6.07 Å². The van der Waals surface area contributed by atoms with Gasteiger partial charge in [0.15, 0.2) is 0 Å². The monoisotopic (exact) mass is 358 g/mol. The van der Waals surface area contributed by atoms with Gasteiger partial charge < -0.3 is 5.32 Å². The van der Waals surface area contributed by atoms with E-state index in [1.807, 2.05) is 35.9 Å². The first-order valence-corrected chi connectivity index (χ1v) is 9.39. The van der Waals surface area contributed by atoms with Gasteiger partial charge in [0.2, 0.25) is 5.91 Å². The number of hydrogen-bond acceptors (Lipinski definition) is 4. The summed E-state index contributed by atoms with van der Waals surface area (Å²) in [6.07, 6.45) is 2.20. The van der Waals surface area contributed by atoms with E-state index in [9.17, 15) is 9.18 Å². The highest BCUT2D eigenvalue weighted by atomic mass is 32.2. The van der Waals surface area contributed by atoms with Crippen molar-refractivity contribution in [2.45, 2.75) is 11.3 Å². The molecular formula is C18H15FN2OS2. The minimum atomic E-state index is -0.276. The lowest BCUT2D eigenvalue weighted by Gasteiger charge is -2.05. The van der Waals surface area contributed by atoms with Crippen LogP contribution in [0.25, 0.3) is 10.6 Å². The fraction of sp³-hybridized carbons (Fsp3) is 0.111. The number of thioether (sulfide) groups is 1. The van der Waals surface area contributed by atoms with Crippen molar-refractivity contribution in [2.75, 3.05) is 11.6 Å². The summed E-state index contributed by atoms with van der Waals surface area (Å²) in [5, 5.41) is 5.52. The number of aromatic nitrogens is 1. The molecule has 0 aliphatic heterocycles. The Kier molecular flexibility index (Phi) is 5.27. The van der Waals surface area contributed by atoms with Crippen molar-refractivity contribution < 1.29 is 9.18 Å². The van der Waals surface area contributed by atoms with Crippen molar-refractivity contribution in [1.29, 1.82) is 0 Å². The van der Waals surface area contributed by atoms with Gasteiger partial charge in [-0.25, -0.2) is 9.37 Å². The van der Waals surface area contributed by atoms with Gasteiger partial charge in [0.1, 0.15) is 10.8 Å². The highest BCUT2D eigenvalue weighted by Gasteiger charge is 2.10. The van der Waals surface area contributed by atoms with E-state index in [1.54, 1.807) is 23.9 Å². The van der Waals surface area contributed by atoms with E-state index in [1.165, 1.54) is 23.5 Å². The lowest BCUT2D eigenvalue weighted by molar-refractivity contribution is -0.115. The average molecular weight is 358 g/mol. The first-order valence-electron chi connectivity index (χ1n) is 7.28. The SMILES string of the molecule is CSc1cccc(NC(=O)Cc2csc(-c3ccc(F)cc3)n2)c1. The number of nitrogens with zero attached hydrogens (tertiary/aromatic N) is 1. The lowest BCUT2D eigenvalue weighted by atomic mass is 10.2. The van der Waals surface area contributed by atoms with Gasteiger partial charge >= 0.3 is 0 Å². The predicted octanol–water partition coefficient (Wildman–Crippen LogP) is 4.85. The normalized spacial score (nSPS) is 10.6. The van der Waals surface area contributed by atoms with Gasteiger partial charge in [-0.2, -0.15) is 0 Å². The maximum atomic E-state index is 13.0. The molecule has 0 saturated carbocycles. The number of nitrogens with one attached hydrogen (secondary N) is 1. The smallest absolute Gasteiger partial charge is 0.230 e. The first kappa shape index (κ1) is 16.7. The molecule has 0 aliphatic carbocycles. The molecule has 122 valence electrons. The summed E-state index contributed by atoms with van der Waals surface area (Å²) in [5.41, 5.74) is 2.33. The number of carbonyl (C=O) groups excluding carboxylic acids is 1. The minimum Gasteiger partial charge on any atom is -0.326 e. The molecule has 3 nitrogen and oxygen atoms in total. The Morgan fingerprint density at radius 3 is 2.79 bits per heavy atom. The number of amides is 1. The van der Waals surface area contributed by atoms with E-state index in [2.05, 4.69) is 10.3 Å². The zero-order chi connectivity index (χ0) is 16.9. The van der Waals surface area contributed by atoms with E-state index in [0.717, 1.165) is 21.2 Å². The molecule has 1 aromatic heterocycles. The van der Waals surface area contributed by atoms with Gasteiger partial charge in [0, 0.05) is 21.5 Å². The van der Waals surface area contributed by atoms with E-state index >= 15 is 0 Å². The average Bonchev–Trinajstić information content (AvgIpc) is 3.04. The van der Waals surface area contributed by atoms with E-state index in [4.69, 9.17) is 0 Å². The molecule has 3 rings (SSSR count). The van der Waals surface area contributed by atoms with Crippen molar-refractivity contribution in [3.63, 3.8) is 0 Å². The van der Waals surface area contributed by atoms with Gasteiger partial charge in [-0.05, 0) is 48.7 Å². The van der Waals surface area contributed by atoms with Crippen molar-refractivity contribution in [1.82, 2.24) is 4.98 Å². The fourth-order valence-electron chi connectivity index (χ4n) is 2.18. The van der Waals surface area contributed by atoms with Crippen LogP contribution in [-0.2, 0) is 11.2 Å². The van der Waals surface area contributed by atoms with Gasteiger partial charge in [-0.3, -0.25) is 4.79 Å². The summed E-state index contributed by atoms with van der Waals surface area (Å²) in [5.74, 6) is -0.383. The molecule has 0 saturated heterocycles. The van der Waals surface area contributed by atoms with Crippen LogP contribution in [0.4, 0.5) is 10.1 Å². The Bertz CT molecular complexity index is 846. The number of carbonyl (C=O) groups is 1. The molecule has 24 heavy (non-hydrogen) atoms. The zero-order valence-corrected chi connectivity index (χ0v) is 14.6. The molecule has 6 heteroatoms. The summed E-state index contributed by atoms with van der Waals surface area (Å²) >= 11 is 3.07. The third-order valence-corrected chi connectivity index (χ3v) is 5.00. The molecule has 0 bridgehead atoms. The lowest BCUT2D eigenvalue weighted by Crippen LogP contribution is -2.14. The molecule has 1 heterocycles. The Balaban J connectivity index is 1.65. The van der Waals surface area contributed by atoms with Crippen LogP contribution in [0.5, 0.6) is 0 Å². The Hall–Kier alpha value is -2.18. The zero-order valence-electron chi connectivity index (χ0n) is 13.0. The molecular weight excluding hydrogens is 343 g/mol. The number of benzene rings is 2. The molecule has 0 radical (unpaired) electrons. The number of thiazole rings is 1. The van der Waals surface area contributed by atoms with E-state index in [-0.39, 0.29) is 18.1 Å². The van der Waals surface area contributed by atoms with Crippen LogP contribution in [0.15, 0.2) is 58.8 Å². The topological polar surface area (TPSA) is 42.0 Å². The highest BCUT2D eigenvalue weighted by Crippen LogP contribution is 2.24. The number of rotatable bonds is 5. The number of halogens is 1. The van der Waals surface area contributed by atoms with Gasteiger partial charge in [0.25, 0.3) is 0 Å². The quantitative estimate of drug-likeness (QED) is 0.663. The van der Waals surface area contributed by atoms with Crippen LogP contribution >= 0.6 is 23.1 Å². The molecule has 1 N–H and O–H groups in total. The summed E-state index contributed by atoms with van der Waals surface area (Å²) in [6, 6.07) is 13.9. The molecule has 2 aromatic carbocycles. The van der Waals surface area contributed by atoms with Crippen molar-refractivity contribution in [3.05, 3.63) is 65.4 Å². The van der Waals surface area contributed by atoms with Crippen molar-refractivity contribution >= 4 is 34.7 Å². The largest absolute Gasteiger partial charge is 0.326 e. The molecule has 0 spiro atoms. The molecule has 0 atom stereocenters. The standard InChI is InChI=1S/C18H15FN2OS2/c1-23-16-4-2-3-14(9-16)20-17(22)10-15-11-24-18(21-15)12-5-7-13(19)8-6-12/h2-9,11H,10H2,1H3,(H,20,22). The third-order valence-electron chi connectivity index (χ3n) is 3.34. The summed E-state index contributed by atoms with van der Waals surface area (Å²) in [7, 11) is 0. The maximum Gasteiger partial charge on any atom is 0.230 e. The molecule has 3 aromatic rings. The fourth-order valence-corrected chi connectivity index (χ4v) is 3.47. The Morgan fingerprint density at radius 1 is 1.25 bits per heavy atom. The maximum absolute atomic E-state index is 13.0. The molecule has 0 fully saturated rings. The summed E-state index contributed by atoms with van der Waals surface area (Å²) < 4.78 is 13.0. The van der Waals surface area contributed by atoms with Crippen LogP contribution in [0.2, 0.25) is 0 Å². The Morgan fingerprint density at radius 2 is 2.04 bits per heavy atom. The summed E-state index contributed by atoms with van der Waals surface area (Å²) in [4.78, 5) is 17.7. The Labute approximate surface area is 148 Å². The summed E-state index contributed by atoms with van der Waals surface area (Å²) in [6.45, 7) is 0. The molecule has 0 unspecified atom stereocenters. The predicted molar refractivity (Wildman–Crippen MR) is 98.1 cm³/mol. The first-order chi connectivity index (χ1) is 11.6. The highest BCUT2D eigenvalue weighted by molar-refractivity contribution is 7.98. The number of anilines is 1. The van der Waals surface area contributed by atoms with Crippen LogP contribution in [0, 0.1) is 5.82 Å². The van der Waals surface area contributed by atoms with Gasteiger partial charge in [0.05, 0.1) is 12.1 Å². The van der Waals surface area contributed by atoms with E-state index < -0.39 is 0 Å². The third kappa shape index (κ3) is 4.21. The van der Waals surface area contributed by atoms with Crippen LogP contribution in [-0.4, -0.2) is 17.1 Å². The minimum absolute atomic E-state index is 0.107. The van der Waals surface area contributed by atoms with E-state index in [0.29, 0.717) is 5.69 Å². The van der Waals surface area contributed by atoms with Crippen LogP contribution in [0.1, 0.15) is 5.69 Å². The van der Waals surface area contributed by atoms with Crippen molar-refractivity contribution in [3.8, 4) is 10.6 Å². The van der Waals surface area contributed by atoms with Crippen LogP contribution in [0.3, 0.4) is 0 Å².